The van der Waals surface area contributed by atoms with E-state index in [2.05, 4.69) is 9.88 Å². The van der Waals surface area contributed by atoms with Crippen LogP contribution in [0.15, 0.2) is 46.7 Å². The third-order valence-corrected chi connectivity index (χ3v) is 9.04. The monoisotopic (exact) mass is 496 g/mol. The lowest BCUT2D eigenvalue weighted by atomic mass is 10.1. The van der Waals surface area contributed by atoms with Gasteiger partial charge in [0.05, 0.1) is 30.2 Å². The molecule has 170 valence electrons. The van der Waals surface area contributed by atoms with E-state index in [-0.39, 0.29) is 15.7 Å². The lowest BCUT2D eigenvalue weighted by Gasteiger charge is -2.31. The van der Waals surface area contributed by atoms with Crippen LogP contribution in [0.25, 0.3) is 11.3 Å². The zero-order valence-corrected chi connectivity index (χ0v) is 19.9. The lowest BCUT2D eigenvalue weighted by Crippen LogP contribution is -2.39. The Morgan fingerprint density at radius 2 is 1.88 bits per heavy atom. The summed E-state index contributed by atoms with van der Waals surface area (Å²) in [7, 11) is -0.593. The van der Waals surface area contributed by atoms with E-state index in [0.717, 1.165) is 5.13 Å². The van der Waals surface area contributed by atoms with E-state index in [4.69, 9.17) is 21.1 Å². The van der Waals surface area contributed by atoms with Crippen LogP contribution >= 0.6 is 22.9 Å². The third-order valence-electron chi connectivity index (χ3n) is 5.54. The number of anilines is 1. The van der Waals surface area contributed by atoms with E-state index in [1.54, 1.807) is 18.2 Å². The Balaban J connectivity index is 1.48. The minimum absolute atomic E-state index is 0.0703. The summed E-state index contributed by atoms with van der Waals surface area (Å²) in [4.78, 5) is 6.87. The van der Waals surface area contributed by atoms with Gasteiger partial charge in [0.1, 0.15) is 22.2 Å². The van der Waals surface area contributed by atoms with Crippen molar-refractivity contribution in [1.29, 1.82) is 0 Å². The number of aromatic nitrogens is 1. The van der Waals surface area contributed by atoms with Crippen LogP contribution < -0.4 is 14.4 Å². The van der Waals surface area contributed by atoms with E-state index >= 15 is 0 Å². The molecule has 1 aromatic heterocycles. The van der Waals surface area contributed by atoms with Gasteiger partial charge in [-0.1, -0.05) is 17.7 Å². The standard InChI is InChI=1S/C22H22ClFN2O4S2/c1-29-15-4-6-21(20(12-15)30-2)32(27,28)16-7-9-26(10-8-16)22-25-19(13-31-22)14-3-5-17(23)18(24)11-14/h3-6,11-13,16H,7-10H2,1-2H3. The molecule has 1 fully saturated rings. The molecule has 1 aliphatic heterocycles. The second-order valence-electron chi connectivity index (χ2n) is 7.39. The van der Waals surface area contributed by atoms with Gasteiger partial charge in [-0.2, -0.15) is 0 Å². The number of benzene rings is 2. The fraction of sp³-hybridized carbons (Fsp3) is 0.318. The van der Waals surface area contributed by atoms with Gasteiger partial charge >= 0.3 is 0 Å². The number of halogens is 2. The highest BCUT2D eigenvalue weighted by molar-refractivity contribution is 7.92. The van der Waals surface area contributed by atoms with Gasteiger partial charge in [-0.25, -0.2) is 17.8 Å². The molecule has 2 heterocycles. The summed E-state index contributed by atoms with van der Waals surface area (Å²) in [5.41, 5.74) is 1.32. The number of rotatable bonds is 6. The number of hydrogen-bond acceptors (Lipinski definition) is 7. The minimum atomic E-state index is -3.56. The van der Waals surface area contributed by atoms with Crippen LogP contribution in [0.5, 0.6) is 11.5 Å². The van der Waals surface area contributed by atoms with Crippen LogP contribution in [0, 0.1) is 5.82 Å². The summed E-state index contributed by atoms with van der Waals surface area (Å²) in [6.07, 6.45) is 0.948. The summed E-state index contributed by atoms with van der Waals surface area (Å²) >= 11 is 7.21. The van der Waals surface area contributed by atoms with E-state index in [1.807, 2.05) is 5.38 Å². The maximum absolute atomic E-state index is 13.8. The number of piperidine rings is 1. The Kier molecular flexibility index (Phi) is 6.60. The van der Waals surface area contributed by atoms with Gasteiger partial charge in [-0.3, -0.25) is 0 Å². The van der Waals surface area contributed by atoms with Crippen molar-refractivity contribution in [2.75, 3.05) is 32.2 Å². The molecule has 0 amide bonds. The van der Waals surface area contributed by atoms with Crippen LogP contribution in [0.1, 0.15) is 12.8 Å². The smallest absolute Gasteiger partial charge is 0.185 e. The molecule has 6 nitrogen and oxygen atoms in total. The topological polar surface area (TPSA) is 68.7 Å². The summed E-state index contributed by atoms with van der Waals surface area (Å²) in [6.45, 7) is 1.12. The molecule has 4 rings (SSSR count). The van der Waals surface area contributed by atoms with Crippen molar-refractivity contribution in [2.24, 2.45) is 0 Å². The minimum Gasteiger partial charge on any atom is -0.497 e. The first-order chi connectivity index (χ1) is 15.3. The van der Waals surface area contributed by atoms with E-state index in [1.165, 1.54) is 43.8 Å². The molecule has 0 N–H and O–H groups in total. The van der Waals surface area contributed by atoms with Crippen LogP contribution in [-0.2, 0) is 9.84 Å². The number of hydrogen-bond donors (Lipinski definition) is 0. The van der Waals surface area contributed by atoms with Gasteiger partial charge in [0.15, 0.2) is 15.0 Å². The predicted octanol–water partition coefficient (Wildman–Crippen LogP) is 5.06. The lowest BCUT2D eigenvalue weighted by molar-refractivity contribution is 0.385. The fourth-order valence-corrected chi connectivity index (χ4v) is 6.62. The summed E-state index contributed by atoms with van der Waals surface area (Å²) in [5, 5.41) is 2.21. The van der Waals surface area contributed by atoms with Crippen LogP contribution in [0.4, 0.5) is 9.52 Å². The van der Waals surface area contributed by atoms with Gasteiger partial charge in [0.2, 0.25) is 0 Å². The van der Waals surface area contributed by atoms with Crippen molar-refractivity contribution in [3.05, 3.63) is 52.6 Å². The molecule has 0 spiro atoms. The summed E-state index contributed by atoms with van der Waals surface area (Å²) < 4.78 is 50.8. The molecule has 3 aromatic rings. The Bertz CT molecular complexity index is 1220. The van der Waals surface area contributed by atoms with Crippen molar-refractivity contribution in [3.63, 3.8) is 0 Å². The Hall–Kier alpha value is -2.36. The Labute approximate surface area is 195 Å². The molecule has 0 unspecified atom stereocenters. The highest BCUT2D eigenvalue weighted by Gasteiger charge is 2.34. The quantitative estimate of drug-likeness (QED) is 0.475. The Morgan fingerprint density at radius 1 is 1.12 bits per heavy atom. The number of sulfone groups is 1. The fourth-order valence-electron chi connectivity index (χ4n) is 3.74. The summed E-state index contributed by atoms with van der Waals surface area (Å²) in [5.74, 6) is 0.334. The van der Waals surface area contributed by atoms with Crippen LogP contribution in [-0.4, -0.2) is 46.0 Å². The molecule has 0 bridgehead atoms. The number of ether oxygens (including phenoxy) is 2. The van der Waals surface area contributed by atoms with E-state index in [0.29, 0.717) is 42.9 Å². The molecule has 32 heavy (non-hydrogen) atoms. The van der Waals surface area contributed by atoms with Gasteiger partial charge < -0.3 is 14.4 Å². The molecule has 0 aliphatic carbocycles. The van der Waals surface area contributed by atoms with Gasteiger partial charge in [-0.15, -0.1) is 11.3 Å². The van der Waals surface area contributed by atoms with Gasteiger partial charge in [-0.05, 0) is 37.1 Å². The first-order valence-electron chi connectivity index (χ1n) is 9.95. The molecule has 0 saturated carbocycles. The maximum atomic E-state index is 13.8. The average Bonchev–Trinajstić information content (AvgIpc) is 3.30. The first kappa shape index (κ1) is 22.8. The molecular weight excluding hydrogens is 475 g/mol. The molecular formula is C22H22ClFN2O4S2. The van der Waals surface area contributed by atoms with Crippen molar-refractivity contribution in [3.8, 4) is 22.8 Å². The number of thiazole rings is 1. The molecule has 1 aliphatic rings. The highest BCUT2D eigenvalue weighted by Crippen LogP contribution is 2.35. The second kappa shape index (κ2) is 9.25. The number of methoxy groups -OCH3 is 2. The van der Waals surface area contributed by atoms with Crippen molar-refractivity contribution >= 4 is 37.9 Å². The zero-order chi connectivity index (χ0) is 22.9. The zero-order valence-electron chi connectivity index (χ0n) is 17.5. The second-order valence-corrected chi connectivity index (χ2v) is 10.8. The van der Waals surface area contributed by atoms with Gasteiger partial charge in [0, 0.05) is 30.1 Å². The SMILES string of the molecule is COc1ccc(S(=O)(=O)C2CCN(c3nc(-c4ccc(Cl)c(F)c4)cs3)CC2)c(OC)c1. The largest absolute Gasteiger partial charge is 0.497 e. The molecule has 2 aromatic carbocycles. The van der Waals surface area contributed by atoms with Gasteiger partial charge in [0.25, 0.3) is 0 Å². The molecule has 1 saturated heterocycles. The summed E-state index contributed by atoms with van der Waals surface area (Å²) in [6, 6.07) is 9.35. The van der Waals surface area contributed by atoms with Crippen molar-refractivity contribution < 1.29 is 22.3 Å². The van der Waals surface area contributed by atoms with E-state index < -0.39 is 20.9 Å². The molecule has 0 radical (unpaired) electrons. The van der Waals surface area contributed by atoms with E-state index in [9.17, 15) is 12.8 Å². The van der Waals surface area contributed by atoms with Crippen LogP contribution in [0.2, 0.25) is 5.02 Å². The average molecular weight is 497 g/mol. The van der Waals surface area contributed by atoms with Crippen LogP contribution in [0.3, 0.4) is 0 Å². The van der Waals surface area contributed by atoms with Crippen molar-refractivity contribution in [2.45, 2.75) is 23.0 Å². The Morgan fingerprint density at radius 3 is 2.53 bits per heavy atom. The predicted molar refractivity (Wildman–Crippen MR) is 124 cm³/mol. The maximum Gasteiger partial charge on any atom is 0.185 e. The number of nitrogens with zero attached hydrogens (tertiary/aromatic N) is 2. The highest BCUT2D eigenvalue weighted by atomic mass is 35.5. The van der Waals surface area contributed by atoms with Crippen molar-refractivity contribution in [1.82, 2.24) is 4.98 Å². The molecule has 10 heteroatoms. The first-order valence-corrected chi connectivity index (χ1v) is 12.8. The third kappa shape index (κ3) is 4.42. The normalized spacial score (nSPS) is 15.1. The molecule has 0 atom stereocenters.